The largest absolute Gasteiger partial charge is 0.495 e. The topological polar surface area (TPSA) is 130 Å². The fourth-order valence-electron chi connectivity index (χ4n) is 3.33. The summed E-state index contributed by atoms with van der Waals surface area (Å²) in [5.74, 6) is -1.51. The summed E-state index contributed by atoms with van der Waals surface area (Å²) in [5, 5.41) is 9.70. The number of fused-ring (bicyclic) bond motifs is 1. The Morgan fingerprint density at radius 2 is 1.90 bits per heavy atom. The SMILES string of the molecule is CCOC(=O)COc1ccc2c(C(=O)O)c(C)c(C(=O)c3ccc(N)c(OC)c3)n2c1. The fourth-order valence-corrected chi connectivity index (χ4v) is 3.33. The number of methoxy groups -OCH3 is 1. The van der Waals surface area contributed by atoms with Crippen LogP contribution in [0.25, 0.3) is 5.52 Å². The number of carboxylic acids is 1. The third kappa shape index (κ3) is 4.16. The molecule has 3 rings (SSSR count). The number of ether oxygens (including phenoxy) is 3. The summed E-state index contributed by atoms with van der Waals surface area (Å²) in [5.41, 5.74) is 7.26. The fraction of sp³-hybridized carbons (Fsp3) is 0.227. The Bertz CT molecular complexity index is 1180. The monoisotopic (exact) mass is 426 g/mol. The first-order valence-electron chi connectivity index (χ1n) is 9.43. The van der Waals surface area contributed by atoms with Crippen LogP contribution in [0, 0.1) is 6.92 Å². The zero-order chi connectivity index (χ0) is 22.7. The Hall–Kier alpha value is -4.01. The van der Waals surface area contributed by atoms with Crippen molar-refractivity contribution in [2.45, 2.75) is 13.8 Å². The zero-order valence-electron chi connectivity index (χ0n) is 17.3. The lowest BCUT2D eigenvalue weighted by molar-refractivity contribution is -0.145. The van der Waals surface area contributed by atoms with E-state index in [1.165, 1.54) is 35.9 Å². The van der Waals surface area contributed by atoms with Gasteiger partial charge in [-0.2, -0.15) is 0 Å². The summed E-state index contributed by atoms with van der Waals surface area (Å²) in [6, 6.07) is 7.64. The molecule has 2 heterocycles. The second-order valence-electron chi connectivity index (χ2n) is 6.65. The van der Waals surface area contributed by atoms with Gasteiger partial charge in [0.05, 0.1) is 42.4 Å². The minimum absolute atomic E-state index is 0.00250. The van der Waals surface area contributed by atoms with Gasteiger partial charge in [-0.3, -0.25) is 4.79 Å². The maximum Gasteiger partial charge on any atom is 0.344 e. The first-order valence-corrected chi connectivity index (χ1v) is 9.43. The molecule has 0 aliphatic rings. The normalized spacial score (nSPS) is 10.7. The molecule has 2 aromatic heterocycles. The Morgan fingerprint density at radius 1 is 1.16 bits per heavy atom. The lowest BCUT2D eigenvalue weighted by atomic mass is 10.0. The highest BCUT2D eigenvalue weighted by Crippen LogP contribution is 2.30. The number of ketones is 1. The van der Waals surface area contributed by atoms with Gasteiger partial charge < -0.3 is 29.5 Å². The average Bonchev–Trinajstić information content (AvgIpc) is 3.03. The number of nitrogens with two attached hydrogens (primary N) is 1. The number of esters is 1. The van der Waals surface area contributed by atoms with E-state index < -0.39 is 17.7 Å². The molecule has 0 unspecified atom stereocenters. The van der Waals surface area contributed by atoms with Crippen molar-refractivity contribution in [1.82, 2.24) is 4.40 Å². The molecule has 0 saturated carbocycles. The number of aromatic nitrogens is 1. The van der Waals surface area contributed by atoms with Crippen LogP contribution in [0.5, 0.6) is 11.5 Å². The molecule has 31 heavy (non-hydrogen) atoms. The molecular formula is C22H22N2O7. The molecule has 9 nitrogen and oxygen atoms in total. The summed E-state index contributed by atoms with van der Waals surface area (Å²) in [6.07, 6.45) is 1.47. The van der Waals surface area contributed by atoms with Crippen molar-refractivity contribution in [3.8, 4) is 11.5 Å². The molecule has 0 aliphatic heterocycles. The van der Waals surface area contributed by atoms with Gasteiger partial charge in [-0.05, 0) is 49.7 Å². The predicted octanol–water partition coefficient (Wildman–Crippen LogP) is 2.71. The minimum atomic E-state index is -1.16. The van der Waals surface area contributed by atoms with Gasteiger partial charge in [0.2, 0.25) is 5.78 Å². The smallest absolute Gasteiger partial charge is 0.344 e. The number of carbonyl (C=O) groups is 3. The third-order valence-corrected chi connectivity index (χ3v) is 4.74. The van der Waals surface area contributed by atoms with Gasteiger partial charge in [-0.15, -0.1) is 0 Å². The first kappa shape index (κ1) is 21.7. The number of carbonyl (C=O) groups excluding carboxylic acids is 2. The molecule has 0 aliphatic carbocycles. The summed E-state index contributed by atoms with van der Waals surface area (Å²) in [6.45, 7) is 3.16. The van der Waals surface area contributed by atoms with Crippen LogP contribution in [-0.2, 0) is 9.53 Å². The highest BCUT2D eigenvalue weighted by molar-refractivity contribution is 6.13. The van der Waals surface area contributed by atoms with Crippen LogP contribution in [-0.4, -0.2) is 47.6 Å². The number of pyridine rings is 1. The van der Waals surface area contributed by atoms with Crippen LogP contribution in [0.3, 0.4) is 0 Å². The Labute approximate surface area is 177 Å². The lowest BCUT2D eigenvalue weighted by Gasteiger charge is -2.10. The van der Waals surface area contributed by atoms with Crippen molar-refractivity contribution < 1.29 is 33.7 Å². The molecule has 1 aromatic carbocycles. The maximum atomic E-state index is 13.3. The molecule has 3 N–H and O–H groups in total. The van der Waals surface area contributed by atoms with Crippen molar-refractivity contribution in [3.05, 3.63) is 58.9 Å². The number of anilines is 1. The zero-order valence-corrected chi connectivity index (χ0v) is 17.3. The predicted molar refractivity (Wildman–Crippen MR) is 112 cm³/mol. The molecule has 0 radical (unpaired) electrons. The second-order valence-corrected chi connectivity index (χ2v) is 6.65. The molecule has 0 fully saturated rings. The van der Waals surface area contributed by atoms with E-state index in [-0.39, 0.29) is 35.8 Å². The number of nitrogen functional groups attached to an aromatic ring is 1. The first-order chi connectivity index (χ1) is 14.8. The van der Waals surface area contributed by atoms with Crippen molar-refractivity contribution in [3.63, 3.8) is 0 Å². The van der Waals surface area contributed by atoms with Crippen LogP contribution < -0.4 is 15.2 Å². The standard InChI is InChI=1S/C22H22N2O7/c1-4-30-18(25)11-31-14-6-8-16-19(22(27)28)12(2)20(24(16)10-14)21(26)13-5-7-15(23)17(9-13)29-3/h5-10H,4,11,23H2,1-3H3,(H,27,28). The van der Waals surface area contributed by atoms with Crippen LogP contribution in [0.1, 0.15) is 38.9 Å². The molecule has 9 heteroatoms. The van der Waals surface area contributed by atoms with Crippen LogP contribution in [0.2, 0.25) is 0 Å². The van der Waals surface area contributed by atoms with E-state index in [1.54, 1.807) is 26.0 Å². The minimum Gasteiger partial charge on any atom is -0.495 e. The molecule has 0 amide bonds. The molecule has 0 atom stereocenters. The number of hydrogen-bond acceptors (Lipinski definition) is 7. The van der Waals surface area contributed by atoms with E-state index in [9.17, 15) is 19.5 Å². The average molecular weight is 426 g/mol. The van der Waals surface area contributed by atoms with E-state index in [1.807, 2.05) is 0 Å². The van der Waals surface area contributed by atoms with Gasteiger partial charge in [-0.1, -0.05) is 0 Å². The Morgan fingerprint density at radius 3 is 2.55 bits per heavy atom. The molecule has 0 saturated heterocycles. The summed E-state index contributed by atoms with van der Waals surface area (Å²) >= 11 is 0. The number of benzene rings is 1. The van der Waals surface area contributed by atoms with Gasteiger partial charge >= 0.3 is 11.9 Å². The quantitative estimate of drug-likeness (QED) is 0.319. The molecular weight excluding hydrogens is 404 g/mol. The van der Waals surface area contributed by atoms with Crippen molar-refractivity contribution in [2.24, 2.45) is 0 Å². The third-order valence-electron chi connectivity index (χ3n) is 4.74. The van der Waals surface area contributed by atoms with Gasteiger partial charge in [0, 0.05) is 5.56 Å². The summed E-state index contributed by atoms with van der Waals surface area (Å²) < 4.78 is 16.9. The second kappa shape index (κ2) is 8.78. The number of carboxylic acid groups (broad SMARTS) is 1. The number of nitrogens with zero attached hydrogens (tertiary/aromatic N) is 1. The highest BCUT2D eigenvalue weighted by Gasteiger charge is 2.26. The van der Waals surface area contributed by atoms with E-state index in [0.29, 0.717) is 22.5 Å². The lowest BCUT2D eigenvalue weighted by Crippen LogP contribution is -2.15. The van der Waals surface area contributed by atoms with E-state index in [2.05, 4.69) is 0 Å². The van der Waals surface area contributed by atoms with E-state index in [0.717, 1.165) is 0 Å². The highest BCUT2D eigenvalue weighted by atomic mass is 16.6. The van der Waals surface area contributed by atoms with Gasteiger partial charge in [0.25, 0.3) is 0 Å². The van der Waals surface area contributed by atoms with Crippen molar-refractivity contribution >= 4 is 28.9 Å². The van der Waals surface area contributed by atoms with E-state index >= 15 is 0 Å². The van der Waals surface area contributed by atoms with Crippen LogP contribution in [0.15, 0.2) is 36.5 Å². The van der Waals surface area contributed by atoms with Gasteiger partial charge in [0.15, 0.2) is 6.61 Å². The van der Waals surface area contributed by atoms with Crippen LogP contribution >= 0.6 is 0 Å². The Balaban J connectivity index is 2.11. The van der Waals surface area contributed by atoms with Crippen LogP contribution in [0.4, 0.5) is 5.69 Å². The molecule has 3 aromatic rings. The summed E-state index contributed by atoms with van der Waals surface area (Å²) in [7, 11) is 1.44. The van der Waals surface area contributed by atoms with E-state index in [4.69, 9.17) is 19.9 Å². The van der Waals surface area contributed by atoms with Crippen molar-refractivity contribution in [1.29, 1.82) is 0 Å². The van der Waals surface area contributed by atoms with Gasteiger partial charge in [0.1, 0.15) is 11.5 Å². The maximum absolute atomic E-state index is 13.3. The number of rotatable bonds is 8. The summed E-state index contributed by atoms with van der Waals surface area (Å²) in [4.78, 5) is 36.8. The molecule has 162 valence electrons. The van der Waals surface area contributed by atoms with Gasteiger partial charge in [-0.25, -0.2) is 9.59 Å². The van der Waals surface area contributed by atoms with Crippen molar-refractivity contribution in [2.75, 3.05) is 26.1 Å². The number of aromatic carboxylic acids is 1. The molecule has 0 spiro atoms. The Kier molecular flexibility index (Phi) is 6.15. The number of hydrogen-bond donors (Lipinski definition) is 2. The molecule has 0 bridgehead atoms.